The molecule has 3 nitrogen and oxygen atoms in total. The molecule has 1 N–H and O–H groups in total. The number of halogens is 4. The number of alkyl halides is 3. The molecular weight excluding hydrogens is 283 g/mol. The highest BCUT2D eigenvalue weighted by atomic mass is 35.5. The van der Waals surface area contributed by atoms with E-state index >= 15 is 0 Å². The van der Waals surface area contributed by atoms with Gasteiger partial charge in [0.2, 0.25) is 0 Å². The molecule has 0 aliphatic carbocycles. The Balaban J connectivity index is 2.91. The molecule has 0 fully saturated rings. The molecule has 19 heavy (non-hydrogen) atoms. The van der Waals surface area contributed by atoms with Crippen molar-refractivity contribution < 1.29 is 22.6 Å². The van der Waals surface area contributed by atoms with E-state index in [9.17, 15) is 13.2 Å². The SMILES string of the molecule is CCNCc1cc(Cl)c(OCC(F)(F)F)c(OC)c1. The lowest BCUT2D eigenvalue weighted by Gasteiger charge is -2.15. The average Bonchev–Trinajstić information content (AvgIpc) is 2.33. The normalized spacial score (nSPS) is 11.5. The Labute approximate surface area is 114 Å². The van der Waals surface area contributed by atoms with Crippen molar-refractivity contribution in [3.05, 3.63) is 22.7 Å². The zero-order valence-corrected chi connectivity index (χ0v) is 11.4. The molecule has 0 amide bonds. The van der Waals surface area contributed by atoms with Gasteiger partial charge in [-0.2, -0.15) is 13.2 Å². The van der Waals surface area contributed by atoms with Crippen molar-refractivity contribution in [3.8, 4) is 11.5 Å². The topological polar surface area (TPSA) is 30.5 Å². The van der Waals surface area contributed by atoms with Crippen LogP contribution in [0.3, 0.4) is 0 Å². The Kier molecular flexibility index (Phi) is 5.75. The molecule has 0 aliphatic rings. The molecule has 0 aromatic heterocycles. The van der Waals surface area contributed by atoms with Gasteiger partial charge in [-0.3, -0.25) is 0 Å². The standard InChI is InChI=1S/C12H15ClF3NO2/c1-3-17-6-8-4-9(13)11(10(5-8)18-2)19-7-12(14,15)16/h4-5,17H,3,6-7H2,1-2H3. The molecule has 0 heterocycles. The van der Waals surface area contributed by atoms with Crippen LogP contribution in [0.25, 0.3) is 0 Å². The van der Waals surface area contributed by atoms with Crippen LogP contribution in [0.1, 0.15) is 12.5 Å². The molecule has 1 aromatic carbocycles. The van der Waals surface area contributed by atoms with Gasteiger partial charge >= 0.3 is 6.18 Å². The number of nitrogens with one attached hydrogen (secondary N) is 1. The van der Waals surface area contributed by atoms with Crippen LogP contribution in [-0.2, 0) is 6.54 Å². The first-order valence-electron chi connectivity index (χ1n) is 5.64. The molecule has 0 unspecified atom stereocenters. The van der Waals surface area contributed by atoms with Crippen molar-refractivity contribution in [1.82, 2.24) is 5.32 Å². The minimum absolute atomic E-state index is 0.0940. The van der Waals surface area contributed by atoms with Crippen LogP contribution in [0, 0.1) is 0 Å². The second-order valence-electron chi connectivity index (χ2n) is 3.79. The maximum atomic E-state index is 12.1. The Morgan fingerprint density at radius 2 is 2.00 bits per heavy atom. The lowest BCUT2D eigenvalue weighted by molar-refractivity contribution is -0.153. The van der Waals surface area contributed by atoms with Crippen LogP contribution in [0.15, 0.2) is 12.1 Å². The third kappa shape index (κ3) is 5.16. The second-order valence-corrected chi connectivity index (χ2v) is 4.20. The maximum absolute atomic E-state index is 12.1. The van der Waals surface area contributed by atoms with E-state index in [2.05, 4.69) is 10.1 Å². The van der Waals surface area contributed by atoms with E-state index in [1.165, 1.54) is 7.11 Å². The van der Waals surface area contributed by atoms with E-state index in [4.69, 9.17) is 16.3 Å². The summed E-state index contributed by atoms with van der Waals surface area (Å²) in [5.74, 6) is 0.0893. The van der Waals surface area contributed by atoms with E-state index in [0.717, 1.165) is 12.1 Å². The van der Waals surface area contributed by atoms with Gasteiger partial charge in [-0.1, -0.05) is 18.5 Å². The van der Waals surface area contributed by atoms with Crippen LogP contribution in [0.5, 0.6) is 11.5 Å². The van der Waals surface area contributed by atoms with E-state index < -0.39 is 12.8 Å². The minimum atomic E-state index is -4.42. The number of benzene rings is 1. The first-order chi connectivity index (χ1) is 8.87. The van der Waals surface area contributed by atoms with Gasteiger partial charge in [-0.05, 0) is 24.2 Å². The van der Waals surface area contributed by atoms with Gasteiger partial charge in [0.1, 0.15) is 0 Å². The largest absolute Gasteiger partial charge is 0.493 e. The van der Waals surface area contributed by atoms with Crippen molar-refractivity contribution in [2.45, 2.75) is 19.6 Å². The quantitative estimate of drug-likeness (QED) is 0.873. The van der Waals surface area contributed by atoms with Crippen molar-refractivity contribution in [3.63, 3.8) is 0 Å². The summed E-state index contributed by atoms with van der Waals surface area (Å²) in [5, 5.41) is 3.18. The zero-order chi connectivity index (χ0) is 14.5. The van der Waals surface area contributed by atoms with Gasteiger partial charge in [0.25, 0.3) is 0 Å². The molecule has 0 bridgehead atoms. The van der Waals surface area contributed by atoms with Crippen molar-refractivity contribution in [1.29, 1.82) is 0 Å². The summed E-state index contributed by atoms with van der Waals surface area (Å²) in [6.07, 6.45) is -4.42. The Hall–Kier alpha value is -1.14. The van der Waals surface area contributed by atoms with E-state index in [1.54, 1.807) is 12.1 Å². The fourth-order valence-corrected chi connectivity index (χ4v) is 1.73. The predicted molar refractivity (Wildman–Crippen MR) is 66.9 cm³/mol. The van der Waals surface area contributed by atoms with Gasteiger partial charge in [0.15, 0.2) is 18.1 Å². The molecule has 0 radical (unpaired) electrons. The fourth-order valence-electron chi connectivity index (χ4n) is 1.44. The number of hydrogen-bond donors (Lipinski definition) is 1. The molecule has 108 valence electrons. The molecule has 1 aromatic rings. The summed E-state index contributed by atoms with van der Waals surface area (Å²) in [7, 11) is 1.35. The van der Waals surface area contributed by atoms with Crippen LogP contribution in [0.2, 0.25) is 5.02 Å². The molecule has 1 rings (SSSR count). The molecule has 0 aliphatic heterocycles. The first kappa shape index (κ1) is 15.9. The third-order valence-corrected chi connectivity index (χ3v) is 2.53. The molecular formula is C12H15ClF3NO2. The smallest absolute Gasteiger partial charge is 0.422 e. The van der Waals surface area contributed by atoms with Crippen molar-refractivity contribution in [2.24, 2.45) is 0 Å². The highest BCUT2D eigenvalue weighted by Crippen LogP contribution is 2.37. The van der Waals surface area contributed by atoms with E-state index in [-0.39, 0.29) is 16.5 Å². The van der Waals surface area contributed by atoms with Gasteiger partial charge < -0.3 is 14.8 Å². The number of ether oxygens (including phenoxy) is 2. The highest BCUT2D eigenvalue weighted by molar-refractivity contribution is 6.32. The Morgan fingerprint density at radius 1 is 1.32 bits per heavy atom. The molecule has 0 atom stereocenters. The summed E-state index contributed by atoms with van der Waals surface area (Å²) < 4.78 is 46.1. The summed E-state index contributed by atoms with van der Waals surface area (Å²) in [5.41, 5.74) is 0.808. The maximum Gasteiger partial charge on any atom is 0.422 e. The monoisotopic (exact) mass is 297 g/mol. The van der Waals surface area contributed by atoms with Crippen LogP contribution in [0.4, 0.5) is 13.2 Å². The number of methoxy groups -OCH3 is 1. The van der Waals surface area contributed by atoms with Gasteiger partial charge in [0.05, 0.1) is 12.1 Å². The van der Waals surface area contributed by atoms with Crippen LogP contribution >= 0.6 is 11.6 Å². The molecule has 0 saturated heterocycles. The second kappa shape index (κ2) is 6.86. The van der Waals surface area contributed by atoms with E-state index in [0.29, 0.717) is 6.54 Å². The van der Waals surface area contributed by atoms with Crippen LogP contribution in [-0.4, -0.2) is 26.4 Å². The van der Waals surface area contributed by atoms with E-state index in [1.807, 2.05) is 6.92 Å². The third-order valence-electron chi connectivity index (χ3n) is 2.25. The van der Waals surface area contributed by atoms with Crippen molar-refractivity contribution >= 4 is 11.6 Å². The summed E-state index contributed by atoms with van der Waals surface area (Å²) in [6.45, 7) is 1.85. The first-order valence-corrected chi connectivity index (χ1v) is 6.02. The zero-order valence-electron chi connectivity index (χ0n) is 10.6. The van der Waals surface area contributed by atoms with Crippen molar-refractivity contribution in [2.75, 3.05) is 20.3 Å². The Bertz CT molecular complexity index is 424. The Morgan fingerprint density at radius 3 is 2.53 bits per heavy atom. The molecule has 7 heteroatoms. The van der Waals surface area contributed by atoms with Gasteiger partial charge in [-0.25, -0.2) is 0 Å². The summed E-state index contributed by atoms with van der Waals surface area (Å²) in [4.78, 5) is 0. The highest BCUT2D eigenvalue weighted by Gasteiger charge is 2.29. The van der Waals surface area contributed by atoms with Gasteiger partial charge in [-0.15, -0.1) is 0 Å². The summed E-state index contributed by atoms with van der Waals surface area (Å²) in [6, 6.07) is 3.15. The predicted octanol–water partition coefficient (Wildman–Crippen LogP) is 3.40. The fraction of sp³-hybridized carbons (Fsp3) is 0.500. The lowest BCUT2D eigenvalue weighted by Crippen LogP contribution is -2.19. The average molecular weight is 298 g/mol. The molecule has 0 saturated carbocycles. The van der Waals surface area contributed by atoms with Crippen LogP contribution < -0.4 is 14.8 Å². The lowest BCUT2D eigenvalue weighted by atomic mass is 10.2. The van der Waals surface area contributed by atoms with Gasteiger partial charge in [0, 0.05) is 6.54 Å². The number of hydrogen-bond acceptors (Lipinski definition) is 3. The molecule has 0 spiro atoms. The minimum Gasteiger partial charge on any atom is -0.493 e. The summed E-state index contributed by atoms with van der Waals surface area (Å²) >= 11 is 5.92. The number of rotatable bonds is 6.